The predicted molar refractivity (Wildman–Crippen MR) is 88.6 cm³/mol. The molecule has 2 aliphatic rings. The summed E-state index contributed by atoms with van der Waals surface area (Å²) in [7, 11) is 0. The largest absolute Gasteiger partial charge is 0.486 e. The maximum absolute atomic E-state index is 6.25. The van der Waals surface area contributed by atoms with Crippen molar-refractivity contribution in [3.8, 4) is 11.5 Å². The van der Waals surface area contributed by atoms with E-state index in [4.69, 9.17) is 21.1 Å². The van der Waals surface area contributed by atoms with Gasteiger partial charge in [0, 0.05) is 11.8 Å². The molecule has 0 amide bonds. The van der Waals surface area contributed by atoms with E-state index in [9.17, 15) is 0 Å². The van der Waals surface area contributed by atoms with Crippen molar-refractivity contribution < 1.29 is 9.47 Å². The predicted octanol–water partition coefficient (Wildman–Crippen LogP) is 3.83. The Balaban J connectivity index is 1.42. The molecule has 0 spiro atoms. The van der Waals surface area contributed by atoms with Crippen molar-refractivity contribution >= 4 is 39.8 Å². The Hall–Kier alpha value is -1.18. The number of hydrogen-bond acceptors (Lipinski definition) is 7. The molecule has 1 aromatic carbocycles. The summed E-state index contributed by atoms with van der Waals surface area (Å²) in [5.41, 5.74) is 1.09. The van der Waals surface area contributed by atoms with Crippen molar-refractivity contribution in [2.45, 2.75) is 29.0 Å². The van der Waals surface area contributed by atoms with E-state index in [1.807, 2.05) is 12.1 Å². The van der Waals surface area contributed by atoms with Crippen LogP contribution in [0, 0.1) is 0 Å². The Labute approximate surface area is 141 Å². The second-order valence-corrected chi connectivity index (χ2v) is 7.79. The van der Waals surface area contributed by atoms with Crippen molar-refractivity contribution in [2.24, 2.45) is 0 Å². The zero-order valence-corrected chi connectivity index (χ0v) is 14.1. The summed E-state index contributed by atoms with van der Waals surface area (Å²) < 4.78 is 12.1. The Morgan fingerprint density at radius 3 is 3.00 bits per heavy atom. The molecule has 0 atom stereocenters. The number of ether oxygens (including phenoxy) is 2. The van der Waals surface area contributed by atoms with Gasteiger partial charge in [-0.05, 0) is 30.5 Å². The Morgan fingerprint density at radius 2 is 2.14 bits per heavy atom. The van der Waals surface area contributed by atoms with E-state index >= 15 is 0 Å². The molecular formula is C14H14ClN3O2S2. The van der Waals surface area contributed by atoms with Gasteiger partial charge in [0.2, 0.25) is 5.13 Å². The van der Waals surface area contributed by atoms with Gasteiger partial charge in [0.05, 0.1) is 5.02 Å². The molecule has 116 valence electrons. The molecule has 1 fully saturated rings. The molecule has 8 heteroatoms. The van der Waals surface area contributed by atoms with Crippen molar-refractivity contribution in [1.29, 1.82) is 0 Å². The molecule has 4 rings (SSSR count). The van der Waals surface area contributed by atoms with Gasteiger partial charge >= 0.3 is 0 Å². The second kappa shape index (κ2) is 6.14. The highest BCUT2D eigenvalue weighted by Gasteiger charge is 2.22. The lowest BCUT2D eigenvalue weighted by atomic mass is 10.2. The summed E-state index contributed by atoms with van der Waals surface area (Å²) in [6.07, 6.45) is 2.47. The van der Waals surface area contributed by atoms with Crippen LogP contribution in [0.2, 0.25) is 5.02 Å². The fraction of sp³-hybridized carbons (Fsp3) is 0.429. The quantitative estimate of drug-likeness (QED) is 0.822. The minimum absolute atomic E-state index is 0.544. The average Bonchev–Trinajstić information content (AvgIpc) is 3.22. The first-order chi connectivity index (χ1) is 10.8. The first-order valence-electron chi connectivity index (χ1n) is 7.09. The molecule has 1 aromatic heterocycles. The minimum Gasteiger partial charge on any atom is -0.486 e. The zero-order valence-electron chi connectivity index (χ0n) is 11.7. The Bertz CT molecular complexity index is 691. The summed E-state index contributed by atoms with van der Waals surface area (Å²) in [6, 6.07) is 4.51. The summed E-state index contributed by atoms with van der Waals surface area (Å²) in [5.74, 6) is 2.14. The van der Waals surface area contributed by atoms with Gasteiger partial charge in [-0.15, -0.1) is 10.2 Å². The minimum atomic E-state index is 0.544. The molecule has 1 saturated carbocycles. The van der Waals surface area contributed by atoms with Gasteiger partial charge < -0.3 is 14.8 Å². The topological polar surface area (TPSA) is 56.3 Å². The van der Waals surface area contributed by atoms with Gasteiger partial charge in [-0.1, -0.05) is 34.7 Å². The van der Waals surface area contributed by atoms with Crippen LogP contribution in [-0.2, 0) is 5.75 Å². The van der Waals surface area contributed by atoms with Crippen molar-refractivity contribution in [3.05, 3.63) is 22.7 Å². The van der Waals surface area contributed by atoms with Crippen LogP contribution in [0.4, 0.5) is 5.13 Å². The molecule has 22 heavy (non-hydrogen) atoms. The highest BCUT2D eigenvalue weighted by Crippen LogP contribution is 2.40. The van der Waals surface area contributed by atoms with Crippen molar-refractivity contribution in [3.63, 3.8) is 0 Å². The number of anilines is 1. The van der Waals surface area contributed by atoms with E-state index in [0.29, 0.717) is 30.0 Å². The number of halogens is 1. The zero-order chi connectivity index (χ0) is 14.9. The lowest BCUT2D eigenvalue weighted by molar-refractivity contribution is 0.171. The molecular weight excluding hydrogens is 342 g/mol. The van der Waals surface area contributed by atoms with Crippen LogP contribution in [0.1, 0.15) is 18.4 Å². The number of rotatable bonds is 5. The van der Waals surface area contributed by atoms with Gasteiger partial charge in [0.25, 0.3) is 0 Å². The van der Waals surface area contributed by atoms with Crippen LogP contribution < -0.4 is 14.8 Å². The highest BCUT2D eigenvalue weighted by molar-refractivity contribution is 8.00. The van der Waals surface area contributed by atoms with Crippen LogP contribution >= 0.6 is 34.7 Å². The van der Waals surface area contributed by atoms with Gasteiger partial charge in [0.15, 0.2) is 15.8 Å². The van der Waals surface area contributed by atoms with Gasteiger partial charge in [-0.2, -0.15) is 0 Å². The molecule has 2 aromatic rings. The average molecular weight is 356 g/mol. The normalized spacial score (nSPS) is 16.6. The monoisotopic (exact) mass is 355 g/mol. The standard InChI is InChI=1S/C14H14ClN3O2S2/c15-10-5-8(6-11-12(10)20-4-3-19-11)7-21-14-18-17-13(22-14)16-9-1-2-9/h5-6,9H,1-4,7H2,(H,16,17). The third kappa shape index (κ3) is 3.26. The molecule has 0 bridgehead atoms. The molecule has 1 N–H and O–H groups in total. The van der Waals surface area contributed by atoms with Gasteiger partial charge in [-0.25, -0.2) is 0 Å². The fourth-order valence-electron chi connectivity index (χ4n) is 2.12. The van der Waals surface area contributed by atoms with Gasteiger partial charge in [-0.3, -0.25) is 0 Å². The molecule has 0 radical (unpaired) electrons. The van der Waals surface area contributed by atoms with E-state index in [1.54, 1.807) is 23.1 Å². The van der Waals surface area contributed by atoms with Crippen LogP contribution in [0.5, 0.6) is 11.5 Å². The van der Waals surface area contributed by atoms with Crippen LogP contribution in [0.25, 0.3) is 0 Å². The lowest BCUT2D eigenvalue weighted by Crippen LogP contribution is -2.15. The van der Waals surface area contributed by atoms with E-state index in [0.717, 1.165) is 26.5 Å². The van der Waals surface area contributed by atoms with E-state index < -0.39 is 0 Å². The maximum Gasteiger partial charge on any atom is 0.206 e. The molecule has 2 heterocycles. The fourth-order valence-corrected chi connectivity index (χ4v) is 4.17. The third-order valence-electron chi connectivity index (χ3n) is 3.33. The summed E-state index contributed by atoms with van der Waals surface area (Å²) in [5, 5.41) is 13.2. The highest BCUT2D eigenvalue weighted by atomic mass is 35.5. The van der Waals surface area contributed by atoms with Gasteiger partial charge in [0.1, 0.15) is 13.2 Å². The molecule has 5 nitrogen and oxygen atoms in total. The molecule has 1 aliphatic heterocycles. The first-order valence-corrected chi connectivity index (χ1v) is 9.27. The molecule has 0 unspecified atom stereocenters. The maximum atomic E-state index is 6.25. The lowest BCUT2D eigenvalue weighted by Gasteiger charge is -2.20. The number of hydrogen-bond donors (Lipinski definition) is 1. The number of fused-ring (bicyclic) bond motifs is 1. The van der Waals surface area contributed by atoms with E-state index in [1.165, 1.54) is 12.8 Å². The van der Waals surface area contributed by atoms with Crippen LogP contribution in [0.3, 0.4) is 0 Å². The molecule has 1 aliphatic carbocycles. The summed E-state index contributed by atoms with van der Waals surface area (Å²) in [6.45, 7) is 1.11. The van der Waals surface area contributed by atoms with Crippen LogP contribution in [0.15, 0.2) is 16.5 Å². The van der Waals surface area contributed by atoms with Crippen molar-refractivity contribution in [1.82, 2.24) is 10.2 Å². The number of aromatic nitrogens is 2. The van der Waals surface area contributed by atoms with Crippen molar-refractivity contribution in [2.75, 3.05) is 18.5 Å². The van der Waals surface area contributed by atoms with Crippen LogP contribution in [-0.4, -0.2) is 29.5 Å². The number of benzene rings is 1. The summed E-state index contributed by atoms with van der Waals surface area (Å²) in [4.78, 5) is 0. The molecule has 0 saturated heterocycles. The first kappa shape index (κ1) is 14.4. The third-order valence-corrected chi connectivity index (χ3v) is 5.67. The van der Waals surface area contributed by atoms with E-state index in [2.05, 4.69) is 15.5 Å². The number of thioether (sulfide) groups is 1. The Morgan fingerprint density at radius 1 is 1.27 bits per heavy atom. The smallest absolute Gasteiger partial charge is 0.206 e. The number of nitrogens with zero attached hydrogens (tertiary/aromatic N) is 2. The Kier molecular flexibility index (Phi) is 4.02. The SMILES string of the molecule is Clc1cc(CSc2nnc(NC3CC3)s2)cc2c1OCCO2. The second-order valence-electron chi connectivity index (χ2n) is 5.18. The van der Waals surface area contributed by atoms with E-state index in [-0.39, 0.29) is 0 Å². The summed E-state index contributed by atoms with van der Waals surface area (Å²) >= 11 is 9.49. The number of nitrogens with one attached hydrogen (secondary N) is 1.